The third-order valence-electron chi connectivity index (χ3n) is 5.04. The molecule has 0 saturated heterocycles. The highest BCUT2D eigenvalue weighted by Crippen LogP contribution is 2.16. The molecule has 8 heteroatoms. The van der Waals surface area contributed by atoms with E-state index in [0.29, 0.717) is 11.4 Å². The minimum atomic E-state index is -0.601. The Bertz CT molecular complexity index is 1450. The zero-order valence-electron chi connectivity index (χ0n) is 18.1. The van der Waals surface area contributed by atoms with Crippen LogP contribution >= 0.6 is 0 Å². The van der Waals surface area contributed by atoms with Crippen LogP contribution < -0.4 is 16.1 Å². The van der Waals surface area contributed by atoms with Crippen LogP contribution in [0, 0.1) is 19.7 Å². The van der Waals surface area contributed by atoms with E-state index in [9.17, 15) is 18.8 Å². The summed E-state index contributed by atoms with van der Waals surface area (Å²) in [4.78, 5) is 43.0. The van der Waals surface area contributed by atoms with Gasteiger partial charge in [-0.05, 0) is 55.8 Å². The largest absolute Gasteiger partial charge is 0.322 e. The van der Waals surface area contributed by atoms with E-state index in [-0.39, 0.29) is 28.8 Å². The number of hydrogen-bond acceptors (Lipinski definition) is 4. The van der Waals surface area contributed by atoms with Crippen LogP contribution in [0.5, 0.6) is 0 Å². The molecule has 33 heavy (non-hydrogen) atoms. The number of hydrogen-bond donors (Lipinski definition) is 2. The Labute approximate surface area is 188 Å². The standard InChI is InChI=1S/C25H21FN4O3/c1-15-6-5-7-17(12-15)28-25(33)19-13-30(24-18(23(19)32)11-10-16(2)27-24)14-22(31)29-21-9-4-3-8-20(21)26/h3-13H,14H2,1-2H3,(H,28,33)(H,29,31). The average molecular weight is 444 g/mol. The minimum Gasteiger partial charge on any atom is -0.322 e. The molecule has 0 radical (unpaired) electrons. The summed E-state index contributed by atoms with van der Waals surface area (Å²) in [7, 11) is 0. The average Bonchev–Trinajstić information content (AvgIpc) is 2.77. The molecular weight excluding hydrogens is 423 g/mol. The molecule has 0 spiro atoms. The molecule has 0 aliphatic heterocycles. The molecule has 2 N–H and O–H groups in total. The summed E-state index contributed by atoms with van der Waals surface area (Å²) >= 11 is 0. The van der Waals surface area contributed by atoms with Gasteiger partial charge in [-0.15, -0.1) is 0 Å². The molecule has 2 aromatic heterocycles. The van der Waals surface area contributed by atoms with Crippen LogP contribution in [-0.2, 0) is 11.3 Å². The van der Waals surface area contributed by atoms with Crippen LogP contribution in [0.3, 0.4) is 0 Å². The topological polar surface area (TPSA) is 93.1 Å². The van der Waals surface area contributed by atoms with Crippen LogP contribution in [0.4, 0.5) is 15.8 Å². The van der Waals surface area contributed by atoms with Gasteiger partial charge >= 0.3 is 0 Å². The molecule has 4 rings (SSSR count). The van der Waals surface area contributed by atoms with E-state index >= 15 is 0 Å². The number of nitrogens with zero attached hydrogens (tertiary/aromatic N) is 2. The fourth-order valence-corrected chi connectivity index (χ4v) is 3.47. The van der Waals surface area contributed by atoms with Crippen LogP contribution in [0.1, 0.15) is 21.6 Å². The van der Waals surface area contributed by atoms with Crippen molar-refractivity contribution in [1.29, 1.82) is 0 Å². The number of carbonyl (C=O) groups excluding carboxylic acids is 2. The second-order valence-electron chi connectivity index (χ2n) is 7.68. The van der Waals surface area contributed by atoms with Gasteiger partial charge in [0, 0.05) is 17.6 Å². The number of aryl methyl sites for hydroxylation is 2. The maximum Gasteiger partial charge on any atom is 0.261 e. The monoisotopic (exact) mass is 444 g/mol. The Morgan fingerprint density at radius 1 is 1.00 bits per heavy atom. The Morgan fingerprint density at radius 2 is 1.79 bits per heavy atom. The third-order valence-corrected chi connectivity index (χ3v) is 5.04. The van der Waals surface area contributed by atoms with E-state index < -0.39 is 23.1 Å². The van der Waals surface area contributed by atoms with Crippen molar-refractivity contribution in [2.45, 2.75) is 20.4 Å². The third kappa shape index (κ3) is 4.79. The number of anilines is 2. The quantitative estimate of drug-likeness (QED) is 0.486. The van der Waals surface area contributed by atoms with Crippen molar-refractivity contribution in [3.05, 3.63) is 99.7 Å². The fourth-order valence-electron chi connectivity index (χ4n) is 3.47. The summed E-state index contributed by atoms with van der Waals surface area (Å²) in [5.74, 6) is -1.70. The molecule has 2 aromatic carbocycles. The maximum absolute atomic E-state index is 13.9. The van der Waals surface area contributed by atoms with Gasteiger partial charge < -0.3 is 15.2 Å². The summed E-state index contributed by atoms with van der Waals surface area (Å²) < 4.78 is 15.3. The maximum atomic E-state index is 13.9. The molecule has 7 nitrogen and oxygen atoms in total. The van der Waals surface area contributed by atoms with Crippen molar-refractivity contribution < 1.29 is 14.0 Å². The minimum absolute atomic E-state index is 0.0365. The van der Waals surface area contributed by atoms with Gasteiger partial charge in [0.15, 0.2) is 0 Å². The second kappa shape index (κ2) is 9.04. The number of para-hydroxylation sites is 1. The van der Waals surface area contributed by atoms with E-state index in [0.717, 1.165) is 5.56 Å². The van der Waals surface area contributed by atoms with E-state index in [2.05, 4.69) is 15.6 Å². The molecule has 2 amide bonds. The summed E-state index contributed by atoms with van der Waals surface area (Å²) in [5, 5.41) is 5.43. The Morgan fingerprint density at radius 3 is 2.55 bits per heavy atom. The predicted octanol–water partition coefficient (Wildman–Crippen LogP) is 4.04. The lowest BCUT2D eigenvalue weighted by Crippen LogP contribution is -2.27. The molecule has 4 aromatic rings. The van der Waals surface area contributed by atoms with Crippen molar-refractivity contribution in [2.24, 2.45) is 0 Å². The number of nitrogens with one attached hydrogen (secondary N) is 2. The molecule has 2 heterocycles. The Kier molecular flexibility index (Phi) is 5.99. The molecule has 0 fully saturated rings. The van der Waals surface area contributed by atoms with Crippen LogP contribution in [0.15, 0.2) is 71.7 Å². The Hall–Kier alpha value is -4.33. The summed E-state index contributed by atoms with van der Waals surface area (Å²) in [5.41, 5.74) is 1.81. The number of aromatic nitrogens is 2. The molecule has 0 aliphatic carbocycles. The number of halogens is 1. The highest BCUT2D eigenvalue weighted by atomic mass is 19.1. The van der Waals surface area contributed by atoms with Crippen molar-refractivity contribution in [2.75, 3.05) is 10.6 Å². The van der Waals surface area contributed by atoms with Crippen molar-refractivity contribution in [3.63, 3.8) is 0 Å². The van der Waals surface area contributed by atoms with E-state index in [1.165, 1.54) is 29.0 Å². The molecule has 0 bridgehead atoms. The molecular formula is C25H21FN4O3. The summed E-state index contributed by atoms with van der Waals surface area (Å²) in [6.45, 7) is 3.37. The highest BCUT2D eigenvalue weighted by Gasteiger charge is 2.18. The van der Waals surface area contributed by atoms with Crippen molar-refractivity contribution in [1.82, 2.24) is 9.55 Å². The van der Waals surface area contributed by atoms with Gasteiger partial charge in [0.25, 0.3) is 5.91 Å². The number of fused-ring (bicyclic) bond motifs is 1. The lowest BCUT2D eigenvalue weighted by Gasteiger charge is -2.14. The Balaban J connectivity index is 1.72. The predicted molar refractivity (Wildman–Crippen MR) is 125 cm³/mol. The normalized spacial score (nSPS) is 10.8. The number of rotatable bonds is 5. The van der Waals surface area contributed by atoms with E-state index in [1.54, 1.807) is 43.3 Å². The van der Waals surface area contributed by atoms with Gasteiger partial charge in [-0.3, -0.25) is 14.4 Å². The smallest absolute Gasteiger partial charge is 0.261 e. The van der Waals surface area contributed by atoms with Gasteiger partial charge in [-0.25, -0.2) is 9.37 Å². The van der Waals surface area contributed by atoms with Crippen LogP contribution in [0.25, 0.3) is 11.0 Å². The fraction of sp³-hybridized carbons (Fsp3) is 0.120. The SMILES string of the molecule is Cc1cccc(NC(=O)c2cn(CC(=O)Nc3ccccc3F)c3nc(C)ccc3c2=O)c1. The molecule has 166 valence electrons. The van der Waals surface area contributed by atoms with Gasteiger partial charge in [-0.2, -0.15) is 0 Å². The lowest BCUT2D eigenvalue weighted by molar-refractivity contribution is -0.116. The van der Waals surface area contributed by atoms with E-state index in [1.807, 2.05) is 13.0 Å². The molecule has 0 unspecified atom stereocenters. The number of benzene rings is 2. The first-order valence-electron chi connectivity index (χ1n) is 10.2. The summed E-state index contributed by atoms with van der Waals surface area (Å²) in [6, 6.07) is 16.2. The van der Waals surface area contributed by atoms with Gasteiger partial charge in [-0.1, -0.05) is 24.3 Å². The number of amides is 2. The molecule has 0 aliphatic rings. The summed E-state index contributed by atoms with van der Waals surface area (Å²) in [6.07, 6.45) is 1.31. The van der Waals surface area contributed by atoms with Crippen molar-refractivity contribution in [3.8, 4) is 0 Å². The van der Waals surface area contributed by atoms with Gasteiger partial charge in [0.1, 0.15) is 23.6 Å². The second-order valence-corrected chi connectivity index (χ2v) is 7.68. The number of carbonyl (C=O) groups is 2. The molecule has 0 saturated carbocycles. The van der Waals surface area contributed by atoms with Crippen LogP contribution in [-0.4, -0.2) is 21.4 Å². The first kappa shape index (κ1) is 21.9. The first-order chi connectivity index (χ1) is 15.8. The lowest BCUT2D eigenvalue weighted by atomic mass is 10.1. The van der Waals surface area contributed by atoms with Crippen LogP contribution in [0.2, 0.25) is 0 Å². The number of pyridine rings is 2. The molecule has 0 atom stereocenters. The van der Waals surface area contributed by atoms with E-state index in [4.69, 9.17) is 0 Å². The van der Waals surface area contributed by atoms with Crippen molar-refractivity contribution >= 4 is 34.2 Å². The van der Waals surface area contributed by atoms with Gasteiger partial charge in [0.05, 0.1) is 11.1 Å². The highest BCUT2D eigenvalue weighted by molar-refractivity contribution is 6.05. The van der Waals surface area contributed by atoms with Gasteiger partial charge in [0.2, 0.25) is 11.3 Å². The first-order valence-corrected chi connectivity index (χ1v) is 10.2. The zero-order valence-corrected chi connectivity index (χ0v) is 18.1. The zero-order chi connectivity index (χ0) is 23.5.